The van der Waals surface area contributed by atoms with Crippen LogP contribution in [0.4, 0.5) is 14.6 Å². The van der Waals surface area contributed by atoms with Crippen molar-refractivity contribution in [2.45, 2.75) is 25.7 Å². The van der Waals surface area contributed by atoms with Crippen LogP contribution in [0.5, 0.6) is 0 Å². The van der Waals surface area contributed by atoms with Gasteiger partial charge >= 0.3 is 0 Å². The number of aryl methyl sites for hydroxylation is 2. The van der Waals surface area contributed by atoms with E-state index in [2.05, 4.69) is 9.88 Å². The number of piperazine rings is 1. The van der Waals surface area contributed by atoms with Crippen LogP contribution in [0, 0.1) is 11.6 Å². The fourth-order valence-electron chi connectivity index (χ4n) is 4.33. The van der Waals surface area contributed by atoms with Gasteiger partial charge in [-0.25, -0.2) is 18.3 Å². The predicted octanol–water partition coefficient (Wildman–Crippen LogP) is 2.85. The van der Waals surface area contributed by atoms with Crippen molar-refractivity contribution in [3.8, 4) is 0 Å². The van der Waals surface area contributed by atoms with Crippen molar-refractivity contribution < 1.29 is 13.6 Å². The standard InChI is InChI=1S/C21H21F2N5O/c22-14-5-6-17(23)16(13-14)21(29)27-11-9-26(10-12-27)20-19-15-3-1-2-4-18(15)25-28(19)8-7-24-20/h5-8,13H,1-4,9-12H2. The Morgan fingerprint density at radius 3 is 2.66 bits per heavy atom. The van der Waals surface area contributed by atoms with Gasteiger partial charge < -0.3 is 9.80 Å². The molecule has 0 bridgehead atoms. The zero-order valence-electron chi connectivity index (χ0n) is 15.9. The molecule has 150 valence electrons. The molecule has 3 heterocycles. The highest BCUT2D eigenvalue weighted by atomic mass is 19.1. The summed E-state index contributed by atoms with van der Waals surface area (Å²) in [7, 11) is 0. The molecule has 1 saturated heterocycles. The smallest absolute Gasteiger partial charge is 0.257 e. The van der Waals surface area contributed by atoms with E-state index in [0.29, 0.717) is 26.2 Å². The van der Waals surface area contributed by atoms with Crippen LogP contribution in [-0.2, 0) is 12.8 Å². The molecule has 0 N–H and O–H groups in total. The number of carbonyl (C=O) groups is 1. The lowest BCUT2D eigenvalue weighted by molar-refractivity contribution is 0.0741. The van der Waals surface area contributed by atoms with E-state index in [9.17, 15) is 13.6 Å². The number of fused-ring (bicyclic) bond motifs is 3. The molecule has 0 unspecified atom stereocenters. The number of carbonyl (C=O) groups excluding carboxylic acids is 1. The van der Waals surface area contributed by atoms with Crippen LogP contribution in [0.15, 0.2) is 30.6 Å². The van der Waals surface area contributed by atoms with Crippen molar-refractivity contribution in [3.63, 3.8) is 0 Å². The Morgan fingerprint density at radius 1 is 1.03 bits per heavy atom. The summed E-state index contributed by atoms with van der Waals surface area (Å²) < 4.78 is 29.3. The summed E-state index contributed by atoms with van der Waals surface area (Å²) in [5.74, 6) is -0.910. The maximum absolute atomic E-state index is 14.0. The van der Waals surface area contributed by atoms with Gasteiger partial charge in [0, 0.05) is 44.1 Å². The topological polar surface area (TPSA) is 53.7 Å². The maximum atomic E-state index is 14.0. The molecule has 1 amide bonds. The van der Waals surface area contributed by atoms with E-state index in [1.165, 1.54) is 5.56 Å². The molecule has 1 fully saturated rings. The summed E-state index contributed by atoms with van der Waals surface area (Å²) in [5.41, 5.74) is 3.27. The molecule has 0 radical (unpaired) electrons. The normalized spacial score (nSPS) is 16.9. The summed E-state index contributed by atoms with van der Waals surface area (Å²) in [5, 5.41) is 4.72. The van der Waals surface area contributed by atoms with Gasteiger partial charge in [-0.05, 0) is 43.9 Å². The number of rotatable bonds is 2. The van der Waals surface area contributed by atoms with Crippen molar-refractivity contribution in [1.82, 2.24) is 19.5 Å². The summed E-state index contributed by atoms with van der Waals surface area (Å²) >= 11 is 0. The minimum Gasteiger partial charge on any atom is -0.351 e. The molecule has 1 aromatic carbocycles. The zero-order chi connectivity index (χ0) is 20.0. The first kappa shape index (κ1) is 18.0. The first-order valence-electron chi connectivity index (χ1n) is 9.96. The first-order valence-corrected chi connectivity index (χ1v) is 9.96. The average molecular weight is 397 g/mol. The molecule has 0 spiro atoms. The summed E-state index contributed by atoms with van der Waals surface area (Å²) in [6, 6.07) is 2.97. The van der Waals surface area contributed by atoms with Gasteiger partial charge in [-0.1, -0.05) is 0 Å². The van der Waals surface area contributed by atoms with E-state index in [1.807, 2.05) is 10.7 Å². The van der Waals surface area contributed by atoms with Crippen LogP contribution in [0.3, 0.4) is 0 Å². The molecular formula is C21H21F2N5O. The Bertz CT molecular complexity index is 1090. The van der Waals surface area contributed by atoms with Crippen LogP contribution in [0.1, 0.15) is 34.5 Å². The Morgan fingerprint density at radius 2 is 1.83 bits per heavy atom. The zero-order valence-corrected chi connectivity index (χ0v) is 15.9. The minimum atomic E-state index is -0.698. The summed E-state index contributed by atoms with van der Waals surface area (Å²) in [6.07, 6.45) is 7.96. The van der Waals surface area contributed by atoms with Crippen molar-refractivity contribution >= 4 is 17.2 Å². The number of hydrogen-bond donors (Lipinski definition) is 0. The van der Waals surface area contributed by atoms with Crippen LogP contribution < -0.4 is 4.90 Å². The first-order chi connectivity index (χ1) is 14.1. The molecule has 2 aromatic heterocycles. The van der Waals surface area contributed by atoms with Gasteiger partial charge in [-0.15, -0.1) is 0 Å². The summed E-state index contributed by atoms with van der Waals surface area (Å²) in [6.45, 7) is 2.01. The quantitative estimate of drug-likeness (QED) is 0.667. The molecule has 6 nitrogen and oxygen atoms in total. The van der Waals surface area contributed by atoms with E-state index >= 15 is 0 Å². The molecule has 1 aliphatic heterocycles. The number of anilines is 1. The van der Waals surface area contributed by atoms with Gasteiger partial charge in [0.2, 0.25) is 0 Å². The molecule has 8 heteroatoms. The second-order valence-electron chi connectivity index (χ2n) is 7.58. The lowest BCUT2D eigenvalue weighted by atomic mass is 9.97. The number of amides is 1. The summed E-state index contributed by atoms with van der Waals surface area (Å²) in [4.78, 5) is 21.0. The molecule has 29 heavy (non-hydrogen) atoms. The van der Waals surface area contributed by atoms with E-state index in [0.717, 1.165) is 60.9 Å². The minimum absolute atomic E-state index is 0.219. The monoisotopic (exact) mass is 397 g/mol. The highest BCUT2D eigenvalue weighted by molar-refractivity contribution is 5.94. The average Bonchev–Trinajstić information content (AvgIpc) is 3.14. The van der Waals surface area contributed by atoms with Gasteiger partial charge in [-0.2, -0.15) is 5.10 Å². The number of hydrogen-bond acceptors (Lipinski definition) is 4. The second-order valence-corrected chi connectivity index (χ2v) is 7.58. The highest BCUT2D eigenvalue weighted by Gasteiger charge is 2.28. The molecule has 0 saturated carbocycles. The number of benzene rings is 1. The van der Waals surface area contributed by atoms with Crippen LogP contribution in [0.2, 0.25) is 0 Å². The third-order valence-corrected chi connectivity index (χ3v) is 5.82. The lowest BCUT2D eigenvalue weighted by Crippen LogP contribution is -2.49. The van der Waals surface area contributed by atoms with E-state index < -0.39 is 17.5 Å². The van der Waals surface area contributed by atoms with Gasteiger partial charge in [-0.3, -0.25) is 4.79 Å². The SMILES string of the molecule is O=C(c1cc(F)ccc1F)N1CCN(c2nccn3nc4c(c23)CCCC4)CC1. The van der Waals surface area contributed by atoms with Crippen molar-refractivity contribution in [2.75, 3.05) is 31.1 Å². The Kier molecular flexibility index (Phi) is 4.41. The molecule has 1 aliphatic carbocycles. The van der Waals surface area contributed by atoms with Crippen molar-refractivity contribution in [1.29, 1.82) is 0 Å². The second kappa shape index (κ2) is 7.09. The van der Waals surface area contributed by atoms with E-state index in [-0.39, 0.29) is 5.56 Å². The van der Waals surface area contributed by atoms with E-state index in [1.54, 1.807) is 11.1 Å². The molecule has 2 aliphatic rings. The predicted molar refractivity (Wildman–Crippen MR) is 104 cm³/mol. The third-order valence-electron chi connectivity index (χ3n) is 5.82. The van der Waals surface area contributed by atoms with Gasteiger partial charge in [0.05, 0.1) is 11.3 Å². The van der Waals surface area contributed by atoms with Gasteiger partial charge in [0.25, 0.3) is 5.91 Å². The Balaban J connectivity index is 1.38. The van der Waals surface area contributed by atoms with Gasteiger partial charge in [0.15, 0.2) is 5.82 Å². The van der Waals surface area contributed by atoms with E-state index in [4.69, 9.17) is 5.10 Å². The van der Waals surface area contributed by atoms with Crippen LogP contribution in [-0.4, -0.2) is 51.6 Å². The fourth-order valence-corrected chi connectivity index (χ4v) is 4.33. The highest BCUT2D eigenvalue weighted by Crippen LogP contribution is 2.30. The van der Waals surface area contributed by atoms with Gasteiger partial charge in [0.1, 0.15) is 17.2 Å². The van der Waals surface area contributed by atoms with Crippen LogP contribution >= 0.6 is 0 Å². The lowest BCUT2D eigenvalue weighted by Gasteiger charge is -2.35. The number of nitrogens with zero attached hydrogens (tertiary/aromatic N) is 5. The molecule has 3 aromatic rings. The third kappa shape index (κ3) is 3.12. The fraction of sp³-hybridized carbons (Fsp3) is 0.381. The Labute approximate surface area is 166 Å². The Hall–Kier alpha value is -3.03. The van der Waals surface area contributed by atoms with Crippen LogP contribution in [0.25, 0.3) is 5.52 Å². The molecule has 0 atom stereocenters. The number of aromatic nitrogens is 3. The van der Waals surface area contributed by atoms with Crippen molar-refractivity contribution in [2.24, 2.45) is 0 Å². The molecule has 5 rings (SSSR count). The maximum Gasteiger partial charge on any atom is 0.257 e. The van der Waals surface area contributed by atoms with Crippen molar-refractivity contribution in [3.05, 3.63) is 59.0 Å². The molecular weight excluding hydrogens is 376 g/mol. The number of halogens is 2. The largest absolute Gasteiger partial charge is 0.351 e.